The fourth-order valence-corrected chi connectivity index (χ4v) is 1.71. The maximum atomic E-state index is 11.4. The Labute approximate surface area is 104 Å². The molecule has 0 atom stereocenters. The standard InChI is InChI=1S/C13H12N2O3/c1-18-13(17)9-4-2-5-10(8-9)15-7-3-6-11(15)12(14)16/h2-8H,1H3,(H2,14,16). The number of benzene rings is 1. The lowest BCUT2D eigenvalue weighted by molar-refractivity contribution is 0.0600. The summed E-state index contributed by atoms with van der Waals surface area (Å²) in [6, 6.07) is 10.1. The second kappa shape index (κ2) is 4.75. The van der Waals surface area contributed by atoms with E-state index < -0.39 is 11.9 Å². The first-order valence-corrected chi connectivity index (χ1v) is 5.29. The van der Waals surface area contributed by atoms with Gasteiger partial charge in [0, 0.05) is 11.9 Å². The Morgan fingerprint density at radius 1 is 1.22 bits per heavy atom. The summed E-state index contributed by atoms with van der Waals surface area (Å²) in [5.41, 5.74) is 6.72. The molecule has 2 rings (SSSR count). The highest BCUT2D eigenvalue weighted by Crippen LogP contribution is 2.14. The van der Waals surface area contributed by atoms with Crippen LogP contribution in [0.25, 0.3) is 5.69 Å². The van der Waals surface area contributed by atoms with Crippen LogP contribution in [0.4, 0.5) is 0 Å². The Balaban J connectivity index is 2.48. The van der Waals surface area contributed by atoms with Crippen molar-refractivity contribution >= 4 is 11.9 Å². The molecule has 1 aromatic carbocycles. The number of primary amides is 1. The van der Waals surface area contributed by atoms with Crippen molar-refractivity contribution in [2.24, 2.45) is 5.73 Å². The zero-order chi connectivity index (χ0) is 13.1. The Morgan fingerprint density at radius 3 is 2.67 bits per heavy atom. The van der Waals surface area contributed by atoms with E-state index in [4.69, 9.17) is 5.73 Å². The Morgan fingerprint density at radius 2 is 2.00 bits per heavy atom. The lowest BCUT2D eigenvalue weighted by Gasteiger charge is -2.08. The first-order chi connectivity index (χ1) is 8.63. The zero-order valence-electron chi connectivity index (χ0n) is 9.79. The summed E-state index contributed by atoms with van der Waals surface area (Å²) in [5.74, 6) is -0.951. The fourth-order valence-electron chi connectivity index (χ4n) is 1.71. The number of nitrogens with zero attached hydrogens (tertiary/aromatic N) is 1. The van der Waals surface area contributed by atoms with Gasteiger partial charge >= 0.3 is 5.97 Å². The molecule has 0 saturated carbocycles. The van der Waals surface area contributed by atoms with Crippen molar-refractivity contribution in [1.29, 1.82) is 0 Å². The average Bonchev–Trinajstić information content (AvgIpc) is 2.87. The highest BCUT2D eigenvalue weighted by Gasteiger charge is 2.10. The van der Waals surface area contributed by atoms with Gasteiger partial charge in [-0.1, -0.05) is 6.07 Å². The lowest BCUT2D eigenvalue weighted by Crippen LogP contribution is -2.15. The van der Waals surface area contributed by atoms with Crippen LogP contribution in [0.15, 0.2) is 42.6 Å². The number of methoxy groups -OCH3 is 1. The second-order valence-corrected chi connectivity index (χ2v) is 3.67. The van der Waals surface area contributed by atoms with E-state index in [0.717, 1.165) is 0 Å². The number of carbonyl (C=O) groups is 2. The smallest absolute Gasteiger partial charge is 0.337 e. The van der Waals surface area contributed by atoms with Crippen LogP contribution in [0.1, 0.15) is 20.8 Å². The molecule has 92 valence electrons. The minimum Gasteiger partial charge on any atom is -0.465 e. The predicted octanol–water partition coefficient (Wildman–Crippen LogP) is 1.36. The number of nitrogens with two attached hydrogens (primary N) is 1. The van der Waals surface area contributed by atoms with Crippen LogP contribution in [-0.4, -0.2) is 23.6 Å². The molecule has 0 saturated heterocycles. The van der Waals surface area contributed by atoms with E-state index in [1.165, 1.54) is 7.11 Å². The second-order valence-electron chi connectivity index (χ2n) is 3.67. The van der Waals surface area contributed by atoms with E-state index in [-0.39, 0.29) is 0 Å². The number of amides is 1. The van der Waals surface area contributed by atoms with E-state index in [1.807, 2.05) is 0 Å². The number of hydrogen-bond acceptors (Lipinski definition) is 3. The molecule has 18 heavy (non-hydrogen) atoms. The van der Waals surface area contributed by atoms with Gasteiger partial charge in [-0.05, 0) is 30.3 Å². The summed E-state index contributed by atoms with van der Waals surface area (Å²) in [6.07, 6.45) is 1.70. The fraction of sp³-hybridized carbons (Fsp3) is 0.0769. The molecule has 5 heteroatoms. The van der Waals surface area contributed by atoms with Gasteiger partial charge in [-0.2, -0.15) is 0 Å². The first kappa shape index (κ1) is 11.9. The molecular formula is C13H12N2O3. The SMILES string of the molecule is COC(=O)c1cccc(-n2cccc2C(N)=O)c1. The van der Waals surface area contributed by atoms with Crippen LogP contribution < -0.4 is 5.73 Å². The van der Waals surface area contributed by atoms with Crippen molar-refractivity contribution in [1.82, 2.24) is 4.57 Å². The number of rotatable bonds is 3. The average molecular weight is 244 g/mol. The highest BCUT2D eigenvalue weighted by molar-refractivity contribution is 5.92. The molecule has 5 nitrogen and oxygen atoms in total. The first-order valence-electron chi connectivity index (χ1n) is 5.29. The van der Waals surface area contributed by atoms with E-state index in [9.17, 15) is 9.59 Å². The molecule has 1 aromatic heterocycles. The number of hydrogen-bond donors (Lipinski definition) is 1. The highest BCUT2D eigenvalue weighted by atomic mass is 16.5. The largest absolute Gasteiger partial charge is 0.465 e. The van der Waals surface area contributed by atoms with Crippen LogP contribution in [-0.2, 0) is 4.74 Å². The summed E-state index contributed by atoms with van der Waals surface area (Å²) in [4.78, 5) is 22.7. The summed E-state index contributed by atoms with van der Waals surface area (Å²) in [6.45, 7) is 0. The molecule has 1 amide bonds. The molecule has 2 N–H and O–H groups in total. The van der Waals surface area contributed by atoms with E-state index >= 15 is 0 Å². The minimum atomic E-state index is -0.525. The number of carbonyl (C=O) groups excluding carboxylic acids is 2. The van der Waals surface area contributed by atoms with E-state index in [1.54, 1.807) is 47.2 Å². The van der Waals surface area contributed by atoms with Crippen LogP contribution in [0.5, 0.6) is 0 Å². The van der Waals surface area contributed by atoms with Crippen molar-refractivity contribution < 1.29 is 14.3 Å². The molecule has 2 aromatic rings. The molecule has 0 aliphatic rings. The van der Waals surface area contributed by atoms with E-state index in [2.05, 4.69) is 4.74 Å². The lowest BCUT2D eigenvalue weighted by atomic mass is 10.2. The normalized spacial score (nSPS) is 10.1. The zero-order valence-corrected chi connectivity index (χ0v) is 9.79. The minimum absolute atomic E-state index is 0.358. The molecule has 0 unspecified atom stereocenters. The number of esters is 1. The van der Waals surface area contributed by atoms with Crippen LogP contribution in [0, 0.1) is 0 Å². The summed E-state index contributed by atoms with van der Waals surface area (Å²) in [5, 5.41) is 0. The summed E-state index contributed by atoms with van der Waals surface area (Å²) in [7, 11) is 1.32. The van der Waals surface area contributed by atoms with Crippen molar-refractivity contribution in [2.45, 2.75) is 0 Å². The van der Waals surface area contributed by atoms with Gasteiger partial charge in [-0.15, -0.1) is 0 Å². The predicted molar refractivity (Wildman–Crippen MR) is 65.6 cm³/mol. The maximum absolute atomic E-state index is 11.4. The molecule has 0 aliphatic carbocycles. The third kappa shape index (κ3) is 2.10. The van der Waals surface area contributed by atoms with Crippen molar-refractivity contribution in [3.8, 4) is 5.69 Å². The van der Waals surface area contributed by atoms with Gasteiger partial charge in [0.1, 0.15) is 5.69 Å². The van der Waals surface area contributed by atoms with Gasteiger partial charge in [-0.25, -0.2) is 4.79 Å². The molecule has 0 bridgehead atoms. The van der Waals surface area contributed by atoms with Crippen molar-refractivity contribution in [2.75, 3.05) is 7.11 Å². The third-order valence-corrected chi connectivity index (χ3v) is 2.55. The number of aromatic nitrogens is 1. The van der Waals surface area contributed by atoms with Crippen LogP contribution in [0.2, 0.25) is 0 Å². The van der Waals surface area contributed by atoms with Gasteiger partial charge in [0.15, 0.2) is 0 Å². The third-order valence-electron chi connectivity index (χ3n) is 2.55. The van der Waals surface area contributed by atoms with Crippen molar-refractivity contribution in [3.05, 3.63) is 53.9 Å². The van der Waals surface area contributed by atoms with Crippen LogP contribution >= 0.6 is 0 Å². The molecule has 0 spiro atoms. The van der Waals surface area contributed by atoms with Gasteiger partial charge in [0.05, 0.1) is 12.7 Å². The maximum Gasteiger partial charge on any atom is 0.337 e. The molecule has 0 radical (unpaired) electrons. The van der Waals surface area contributed by atoms with Gasteiger partial charge in [-0.3, -0.25) is 4.79 Å². The summed E-state index contributed by atoms with van der Waals surface area (Å²) < 4.78 is 6.27. The molecular weight excluding hydrogens is 232 g/mol. The quantitative estimate of drug-likeness (QED) is 0.828. The summed E-state index contributed by atoms with van der Waals surface area (Å²) >= 11 is 0. The van der Waals surface area contributed by atoms with E-state index in [0.29, 0.717) is 16.9 Å². The topological polar surface area (TPSA) is 74.3 Å². The van der Waals surface area contributed by atoms with Crippen molar-refractivity contribution in [3.63, 3.8) is 0 Å². The molecule has 0 aliphatic heterocycles. The van der Waals surface area contributed by atoms with Gasteiger partial charge in [0.25, 0.3) is 5.91 Å². The number of ether oxygens (including phenoxy) is 1. The molecule has 0 fully saturated rings. The Hall–Kier alpha value is -2.56. The monoisotopic (exact) mass is 244 g/mol. The molecule has 1 heterocycles. The van der Waals surface area contributed by atoms with Crippen LogP contribution in [0.3, 0.4) is 0 Å². The van der Waals surface area contributed by atoms with Gasteiger partial charge in [0.2, 0.25) is 0 Å². The van der Waals surface area contributed by atoms with Gasteiger partial charge < -0.3 is 15.0 Å². The Bertz CT molecular complexity index is 602. The Kier molecular flexibility index (Phi) is 3.14.